The number of methoxy groups -OCH3 is 1. The Bertz CT molecular complexity index is 954. The van der Waals surface area contributed by atoms with Gasteiger partial charge in [-0.25, -0.2) is 4.79 Å². The highest BCUT2D eigenvalue weighted by molar-refractivity contribution is 5.72. The Balaban J connectivity index is 0.00000385. The van der Waals surface area contributed by atoms with Gasteiger partial charge in [0.1, 0.15) is 23.0 Å². The summed E-state index contributed by atoms with van der Waals surface area (Å²) in [6, 6.07) is 24.5. The Hall–Kier alpha value is -3.51. The topological polar surface area (TPSA) is 74.2 Å². The third kappa shape index (κ3) is 8.50. The van der Waals surface area contributed by atoms with Gasteiger partial charge in [0.15, 0.2) is 6.10 Å². The number of ether oxygens (including phenoxy) is 4. The summed E-state index contributed by atoms with van der Waals surface area (Å²) >= 11 is 0. The molecule has 1 N–H and O–H groups in total. The molecule has 0 bridgehead atoms. The number of carboxylic acid groups (broad SMARTS) is 1. The molecule has 3 rings (SSSR count). The number of rotatable bonds is 12. The lowest BCUT2D eigenvalue weighted by Crippen LogP contribution is -2.24. The second kappa shape index (κ2) is 13.1. The van der Waals surface area contributed by atoms with Crippen LogP contribution in [-0.4, -0.2) is 37.5 Å². The summed E-state index contributed by atoms with van der Waals surface area (Å²) in [5.41, 5.74) is 0.877. The van der Waals surface area contributed by atoms with Crippen LogP contribution in [0.2, 0.25) is 0 Å². The molecule has 0 heterocycles. The lowest BCUT2D eigenvalue weighted by atomic mass is 10.1. The molecule has 0 amide bonds. The Morgan fingerprint density at radius 3 is 1.79 bits per heavy atom. The molecule has 6 nitrogen and oxygen atoms in total. The maximum atomic E-state index is 11.1. The van der Waals surface area contributed by atoms with Gasteiger partial charge in [-0.2, -0.15) is 0 Å². The van der Waals surface area contributed by atoms with E-state index in [-0.39, 0.29) is 13.3 Å². The van der Waals surface area contributed by atoms with Crippen molar-refractivity contribution in [1.82, 2.24) is 0 Å². The first-order chi connectivity index (χ1) is 15.5. The lowest BCUT2D eigenvalue weighted by molar-refractivity contribution is -0.148. The van der Waals surface area contributed by atoms with Gasteiger partial charge >= 0.3 is 5.97 Å². The quantitative estimate of drug-likeness (QED) is 0.371. The van der Waals surface area contributed by atoms with E-state index >= 15 is 0 Å². The van der Waals surface area contributed by atoms with Crippen LogP contribution >= 0.6 is 0 Å². The first-order valence-corrected chi connectivity index (χ1v) is 10.5. The Labute approximate surface area is 195 Å². The van der Waals surface area contributed by atoms with Gasteiger partial charge in [0, 0.05) is 19.4 Å². The molecule has 176 valence electrons. The lowest BCUT2D eigenvalue weighted by Gasteiger charge is -2.15. The first-order valence-electron chi connectivity index (χ1n) is 10.5. The minimum atomic E-state index is -0.972. The fourth-order valence-electron chi connectivity index (χ4n) is 2.96. The summed E-state index contributed by atoms with van der Waals surface area (Å²) in [4.78, 5) is 11.1. The average molecular weight is 453 g/mol. The van der Waals surface area contributed by atoms with Crippen LogP contribution < -0.4 is 14.2 Å². The van der Waals surface area contributed by atoms with E-state index in [9.17, 15) is 4.79 Å². The number of benzene rings is 3. The van der Waals surface area contributed by atoms with Crippen LogP contribution in [0, 0.1) is 5.92 Å². The zero-order valence-corrected chi connectivity index (χ0v) is 18.3. The molecular formula is C27H32O6. The first kappa shape index (κ1) is 25.7. The highest BCUT2D eigenvalue weighted by atomic mass is 16.5. The van der Waals surface area contributed by atoms with Crippen LogP contribution in [0.3, 0.4) is 0 Å². The van der Waals surface area contributed by atoms with Crippen LogP contribution in [0.15, 0.2) is 78.9 Å². The minimum Gasteiger partial charge on any atom is -0.493 e. The van der Waals surface area contributed by atoms with Gasteiger partial charge in [-0.05, 0) is 54.1 Å². The highest BCUT2D eigenvalue weighted by Gasteiger charge is 2.16. The van der Waals surface area contributed by atoms with Crippen molar-refractivity contribution in [2.45, 2.75) is 26.9 Å². The van der Waals surface area contributed by atoms with Crippen LogP contribution in [0.4, 0.5) is 0 Å². The zero-order chi connectivity index (χ0) is 22.8. The van der Waals surface area contributed by atoms with Crippen molar-refractivity contribution in [3.8, 4) is 23.0 Å². The van der Waals surface area contributed by atoms with E-state index in [1.165, 1.54) is 7.11 Å². The molecule has 1 unspecified atom stereocenters. The largest absolute Gasteiger partial charge is 0.493 e. The minimum absolute atomic E-state index is 0. The van der Waals surface area contributed by atoms with Crippen molar-refractivity contribution in [3.63, 3.8) is 0 Å². The standard InChI is InChI=1S/C26H28O6.CH4/c1-19(17-30-21-10-8-20(9-11-21)16-25(29-2)26(27)28)18-31-22-12-14-24(15-13-22)32-23-6-4-3-5-7-23;/h3-15,19,25H,16-18H2,1-2H3,(H,27,28);1H4/t19?,25-;/m0./s1. The van der Waals surface area contributed by atoms with Crippen molar-refractivity contribution in [1.29, 1.82) is 0 Å². The number of carbonyl (C=O) groups is 1. The summed E-state index contributed by atoms with van der Waals surface area (Å²) in [5.74, 6) is 2.25. The van der Waals surface area contributed by atoms with Crippen molar-refractivity contribution in [2.75, 3.05) is 20.3 Å². The molecule has 2 atom stereocenters. The number of hydrogen-bond acceptors (Lipinski definition) is 5. The van der Waals surface area contributed by atoms with E-state index in [0.29, 0.717) is 19.6 Å². The fraction of sp³-hybridized carbons (Fsp3) is 0.296. The molecule has 0 aliphatic carbocycles. The molecular weight excluding hydrogens is 420 g/mol. The van der Waals surface area contributed by atoms with Crippen LogP contribution in [0.1, 0.15) is 19.9 Å². The smallest absolute Gasteiger partial charge is 0.333 e. The fourth-order valence-corrected chi connectivity index (χ4v) is 2.96. The molecule has 3 aromatic rings. The monoisotopic (exact) mass is 452 g/mol. The second-order valence-corrected chi connectivity index (χ2v) is 7.52. The van der Waals surface area contributed by atoms with Gasteiger partial charge in [-0.3, -0.25) is 0 Å². The van der Waals surface area contributed by atoms with E-state index in [1.54, 1.807) is 0 Å². The number of carboxylic acids is 1. The SMILES string of the molecule is C.CO[C@@H](Cc1ccc(OCC(C)COc2ccc(Oc3ccccc3)cc2)cc1)C(=O)O. The predicted octanol–water partition coefficient (Wildman–Crippen LogP) is 5.85. The molecule has 0 saturated carbocycles. The number of para-hydroxylation sites is 1. The van der Waals surface area contributed by atoms with Gasteiger partial charge in [0.05, 0.1) is 13.2 Å². The van der Waals surface area contributed by atoms with Gasteiger partial charge < -0.3 is 24.1 Å². The van der Waals surface area contributed by atoms with Crippen molar-refractivity contribution < 1.29 is 28.8 Å². The van der Waals surface area contributed by atoms with Crippen LogP contribution in [0.5, 0.6) is 23.0 Å². The summed E-state index contributed by atoms with van der Waals surface area (Å²) in [6.45, 7) is 3.08. The van der Waals surface area contributed by atoms with Gasteiger partial charge in [0.2, 0.25) is 0 Å². The van der Waals surface area contributed by atoms with Gasteiger partial charge in [-0.1, -0.05) is 44.7 Å². The number of hydrogen-bond donors (Lipinski definition) is 1. The summed E-state index contributed by atoms with van der Waals surface area (Å²) in [6.07, 6.45) is -0.538. The molecule has 0 radical (unpaired) electrons. The van der Waals surface area contributed by atoms with Crippen molar-refractivity contribution >= 4 is 5.97 Å². The Morgan fingerprint density at radius 2 is 1.27 bits per heavy atom. The molecule has 0 fully saturated rings. The van der Waals surface area contributed by atoms with E-state index in [0.717, 1.165) is 28.6 Å². The maximum absolute atomic E-state index is 11.1. The Kier molecular flexibility index (Phi) is 10.2. The summed E-state index contributed by atoms with van der Waals surface area (Å²) in [7, 11) is 1.40. The average Bonchev–Trinajstić information content (AvgIpc) is 2.82. The highest BCUT2D eigenvalue weighted by Crippen LogP contribution is 2.24. The molecule has 6 heteroatoms. The predicted molar refractivity (Wildman–Crippen MR) is 128 cm³/mol. The van der Waals surface area contributed by atoms with Crippen molar-refractivity contribution in [2.24, 2.45) is 5.92 Å². The van der Waals surface area contributed by atoms with E-state index < -0.39 is 12.1 Å². The van der Waals surface area contributed by atoms with Crippen molar-refractivity contribution in [3.05, 3.63) is 84.4 Å². The molecule has 0 aliphatic heterocycles. The molecule has 3 aromatic carbocycles. The molecule has 33 heavy (non-hydrogen) atoms. The summed E-state index contributed by atoms with van der Waals surface area (Å²) < 4.78 is 22.4. The van der Waals surface area contributed by atoms with Gasteiger partial charge in [0.25, 0.3) is 0 Å². The number of aliphatic carboxylic acids is 1. The maximum Gasteiger partial charge on any atom is 0.333 e. The molecule has 0 aromatic heterocycles. The van der Waals surface area contributed by atoms with Crippen LogP contribution in [0.25, 0.3) is 0 Å². The normalized spacial score (nSPS) is 12.2. The second-order valence-electron chi connectivity index (χ2n) is 7.52. The molecule has 0 spiro atoms. The molecule has 0 saturated heterocycles. The van der Waals surface area contributed by atoms with Crippen LogP contribution in [-0.2, 0) is 16.0 Å². The Morgan fingerprint density at radius 1 is 0.788 bits per heavy atom. The molecule has 0 aliphatic rings. The van der Waals surface area contributed by atoms with Gasteiger partial charge in [-0.15, -0.1) is 0 Å². The van der Waals surface area contributed by atoms with E-state index in [4.69, 9.17) is 24.1 Å². The third-order valence-electron chi connectivity index (χ3n) is 4.78. The zero-order valence-electron chi connectivity index (χ0n) is 18.3. The van der Waals surface area contributed by atoms with E-state index in [1.807, 2.05) is 78.9 Å². The summed E-state index contributed by atoms with van der Waals surface area (Å²) in [5, 5.41) is 9.07. The third-order valence-corrected chi connectivity index (χ3v) is 4.78. The van der Waals surface area contributed by atoms with E-state index in [2.05, 4.69) is 6.92 Å².